The lowest BCUT2D eigenvalue weighted by atomic mass is 9.76. The van der Waals surface area contributed by atoms with Gasteiger partial charge in [0.2, 0.25) is 5.75 Å². The number of phenolic OH excluding ortho intramolecular Hbond substituents is 1. The lowest BCUT2D eigenvalue weighted by molar-refractivity contribution is 0.207. The summed E-state index contributed by atoms with van der Waals surface area (Å²) in [6.45, 7) is 4.15. The van der Waals surface area contributed by atoms with Gasteiger partial charge in [-0.25, -0.2) is 0 Å². The maximum absolute atomic E-state index is 9.91. The monoisotopic (exact) mass is 293 g/mol. The van der Waals surface area contributed by atoms with Crippen molar-refractivity contribution in [1.29, 1.82) is 0 Å². The van der Waals surface area contributed by atoms with Crippen molar-refractivity contribution in [2.75, 3.05) is 20.8 Å². The van der Waals surface area contributed by atoms with Crippen molar-refractivity contribution in [2.24, 2.45) is 5.41 Å². The molecule has 0 amide bonds. The molecule has 0 unspecified atom stereocenters. The standard InChI is InChI=1S/C17H27NO3/c1-17(7-5-4-6-8-17)12-18-11-13-9-14(20-2)16(19)15(10-13)21-3/h9-10,18-19H,4-8,11-12H2,1-3H3. The molecule has 1 aromatic rings. The molecule has 21 heavy (non-hydrogen) atoms. The van der Waals surface area contributed by atoms with E-state index in [2.05, 4.69) is 12.2 Å². The van der Waals surface area contributed by atoms with Crippen molar-refractivity contribution < 1.29 is 14.6 Å². The van der Waals surface area contributed by atoms with Crippen LogP contribution in [0.25, 0.3) is 0 Å². The summed E-state index contributed by atoms with van der Waals surface area (Å²) < 4.78 is 10.4. The molecule has 0 aromatic heterocycles. The summed E-state index contributed by atoms with van der Waals surface area (Å²) >= 11 is 0. The number of ether oxygens (including phenoxy) is 2. The minimum Gasteiger partial charge on any atom is -0.502 e. The van der Waals surface area contributed by atoms with Gasteiger partial charge in [-0.05, 0) is 36.0 Å². The van der Waals surface area contributed by atoms with E-state index in [0.29, 0.717) is 16.9 Å². The van der Waals surface area contributed by atoms with E-state index < -0.39 is 0 Å². The summed E-state index contributed by atoms with van der Waals surface area (Å²) in [5.74, 6) is 0.966. The van der Waals surface area contributed by atoms with Crippen molar-refractivity contribution in [3.05, 3.63) is 17.7 Å². The van der Waals surface area contributed by atoms with E-state index in [1.54, 1.807) is 14.2 Å². The van der Waals surface area contributed by atoms with Gasteiger partial charge < -0.3 is 19.9 Å². The van der Waals surface area contributed by atoms with Gasteiger partial charge in [0.05, 0.1) is 14.2 Å². The highest BCUT2D eigenvalue weighted by molar-refractivity contribution is 5.52. The molecule has 4 nitrogen and oxygen atoms in total. The molecular weight excluding hydrogens is 266 g/mol. The van der Waals surface area contributed by atoms with E-state index in [9.17, 15) is 5.11 Å². The third-order valence-electron chi connectivity index (χ3n) is 4.48. The topological polar surface area (TPSA) is 50.7 Å². The second kappa shape index (κ2) is 7.03. The molecule has 1 aromatic carbocycles. The number of rotatable bonds is 6. The van der Waals surface area contributed by atoms with Gasteiger partial charge >= 0.3 is 0 Å². The van der Waals surface area contributed by atoms with Crippen LogP contribution >= 0.6 is 0 Å². The second-order valence-corrected chi connectivity index (χ2v) is 6.32. The molecule has 0 aliphatic heterocycles. The maximum Gasteiger partial charge on any atom is 0.200 e. The first kappa shape index (κ1) is 16.0. The van der Waals surface area contributed by atoms with Crippen LogP contribution in [0.2, 0.25) is 0 Å². The maximum atomic E-state index is 9.91. The second-order valence-electron chi connectivity index (χ2n) is 6.32. The molecule has 2 rings (SSSR count). The Labute approximate surface area is 127 Å². The molecule has 0 heterocycles. The third-order valence-corrected chi connectivity index (χ3v) is 4.48. The van der Waals surface area contributed by atoms with Crippen LogP contribution in [0, 0.1) is 5.41 Å². The molecule has 1 aliphatic rings. The van der Waals surface area contributed by atoms with Gasteiger partial charge in [0.1, 0.15) is 0 Å². The summed E-state index contributed by atoms with van der Waals surface area (Å²) in [7, 11) is 3.10. The first-order valence-electron chi connectivity index (χ1n) is 7.72. The summed E-state index contributed by atoms with van der Waals surface area (Å²) in [6, 6.07) is 3.71. The van der Waals surface area contributed by atoms with Gasteiger partial charge in [-0.3, -0.25) is 0 Å². The predicted octanol–water partition coefficient (Wildman–Crippen LogP) is 3.47. The Kier molecular flexibility index (Phi) is 5.34. The molecule has 0 atom stereocenters. The van der Waals surface area contributed by atoms with Crippen LogP contribution in [-0.4, -0.2) is 25.9 Å². The molecule has 0 saturated heterocycles. The van der Waals surface area contributed by atoms with E-state index >= 15 is 0 Å². The number of hydrogen-bond donors (Lipinski definition) is 2. The van der Waals surface area contributed by atoms with Crippen LogP contribution in [0.1, 0.15) is 44.6 Å². The Balaban J connectivity index is 1.96. The Morgan fingerprint density at radius 3 is 2.19 bits per heavy atom. The van der Waals surface area contributed by atoms with E-state index in [4.69, 9.17) is 9.47 Å². The van der Waals surface area contributed by atoms with Gasteiger partial charge in [0.15, 0.2) is 11.5 Å². The largest absolute Gasteiger partial charge is 0.502 e. The van der Waals surface area contributed by atoms with Crippen LogP contribution in [0.3, 0.4) is 0 Å². The highest BCUT2D eigenvalue weighted by Crippen LogP contribution is 2.37. The van der Waals surface area contributed by atoms with E-state index in [1.807, 2.05) is 12.1 Å². The summed E-state index contributed by atoms with van der Waals surface area (Å²) in [6.07, 6.45) is 6.68. The quantitative estimate of drug-likeness (QED) is 0.843. The average molecular weight is 293 g/mol. The van der Waals surface area contributed by atoms with Crippen LogP contribution in [-0.2, 0) is 6.54 Å². The predicted molar refractivity (Wildman–Crippen MR) is 84.1 cm³/mol. The van der Waals surface area contributed by atoms with Gasteiger partial charge in [0, 0.05) is 13.1 Å². The van der Waals surface area contributed by atoms with Crippen LogP contribution in [0.5, 0.6) is 17.2 Å². The smallest absolute Gasteiger partial charge is 0.200 e. The Morgan fingerprint density at radius 1 is 1.10 bits per heavy atom. The molecular formula is C17H27NO3. The average Bonchev–Trinajstić information content (AvgIpc) is 2.49. The highest BCUT2D eigenvalue weighted by atomic mass is 16.5. The Bertz CT molecular complexity index is 442. The van der Waals surface area contributed by atoms with Crippen LogP contribution in [0.4, 0.5) is 0 Å². The Morgan fingerprint density at radius 2 is 1.67 bits per heavy atom. The minimum absolute atomic E-state index is 0.0583. The van der Waals surface area contributed by atoms with Crippen molar-refractivity contribution in [3.8, 4) is 17.2 Å². The van der Waals surface area contributed by atoms with Crippen LogP contribution in [0.15, 0.2) is 12.1 Å². The van der Waals surface area contributed by atoms with E-state index in [-0.39, 0.29) is 5.75 Å². The van der Waals surface area contributed by atoms with Gasteiger partial charge in [-0.2, -0.15) is 0 Å². The molecule has 0 spiro atoms. The summed E-state index contributed by atoms with van der Waals surface area (Å²) in [5.41, 5.74) is 1.48. The van der Waals surface area contributed by atoms with Gasteiger partial charge in [-0.1, -0.05) is 26.2 Å². The molecule has 1 aliphatic carbocycles. The number of nitrogens with one attached hydrogen (secondary N) is 1. The highest BCUT2D eigenvalue weighted by Gasteiger charge is 2.26. The fraction of sp³-hybridized carbons (Fsp3) is 0.647. The fourth-order valence-electron chi connectivity index (χ4n) is 3.14. The zero-order valence-corrected chi connectivity index (χ0v) is 13.4. The number of hydrogen-bond acceptors (Lipinski definition) is 4. The van der Waals surface area contributed by atoms with Crippen molar-refractivity contribution >= 4 is 0 Å². The van der Waals surface area contributed by atoms with Crippen molar-refractivity contribution in [1.82, 2.24) is 5.32 Å². The van der Waals surface area contributed by atoms with Crippen molar-refractivity contribution in [2.45, 2.75) is 45.6 Å². The Hall–Kier alpha value is -1.42. The summed E-state index contributed by atoms with van der Waals surface area (Å²) in [5, 5.41) is 13.5. The van der Waals surface area contributed by atoms with Crippen molar-refractivity contribution in [3.63, 3.8) is 0 Å². The third kappa shape index (κ3) is 4.03. The molecule has 1 fully saturated rings. The molecule has 4 heteroatoms. The van der Waals surface area contributed by atoms with E-state index in [0.717, 1.165) is 18.7 Å². The number of phenols is 1. The molecule has 2 N–H and O–H groups in total. The van der Waals surface area contributed by atoms with Crippen LogP contribution < -0.4 is 14.8 Å². The number of methoxy groups -OCH3 is 2. The number of benzene rings is 1. The lowest BCUT2D eigenvalue weighted by Gasteiger charge is -2.33. The molecule has 1 saturated carbocycles. The zero-order chi connectivity index (χ0) is 15.3. The first-order chi connectivity index (χ1) is 10.1. The first-order valence-corrected chi connectivity index (χ1v) is 7.72. The SMILES string of the molecule is COc1cc(CNCC2(C)CCCCC2)cc(OC)c1O. The lowest BCUT2D eigenvalue weighted by Crippen LogP contribution is -2.33. The summed E-state index contributed by atoms with van der Waals surface area (Å²) in [4.78, 5) is 0. The minimum atomic E-state index is 0.0583. The fourth-order valence-corrected chi connectivity index (χ4v) is 3.14. The molecule has 0 bridgehead atoms. The van der Waals surface area contributed by atoms with Gasteiger partial charge in [0.25, 0.3) is 0 Å². The molecule has 0 radical (unpaired) electrons. The number of aromatic hydroxyl groups is 1. The van der Waals surface area contributed by atoms with E-state index in [1.165, 1.54) is 32.1 Å². The molecule has 118 valence electrons. The van der Waals surface area contributed by atoms with Gasteiger partial charge in [-0.15, -0.1) is 0 Å². The normalized spacial score (nSPS) is 17.5. The zero-order valence-electron chi connectivity index (χ0n) is 13.4.